The third kappa shape index (κ3) is 5.08. The topological polar surface area (TPSA) is 139 Å². The summed E-state index contributed by atoms with van der Waals surface area (Å²) in [6.07, 6.45) is -1.82. The van der Waals surface area contributed by atoms with Crippen LogP contribution in [0.1, 0.15) is 54.3 Å². The molecule has 3 amide bonds. The van der Waals surface area contributed by atoms with Crippen LogP contribution in [-0.4, -0.2) is 71.1 Å². The molecule has 10 heteroatoms. The summed E-state index contributed by atoms with van der Waals surface area (Å²) >= 11 is 0. The Morgan fingerprint density at radius 1 is 1.03 bits per heavy atom. The first-order valence-corrected chi connectivity index (χ1v) is 9.94. The molecule has 1 aliphatic heterocycles. The standard InChI is InChI=1S/C21H26N2O8/c1-4-30-19(28)21(22-13(3)24,20(29)31-5-2)11-10-14(25)12-23-17(26)15-8-6-7-9-16(15)18(23)27/h6-9,14,25H,4-5,10-12H2,1-3H3,(H,22,24)/t14-/m1/s1. The van der Waals surface area contributed by atoms with Crippen LogP contribution in [0.5, 0.6) is 0 Å². The van der Waals surface area contributed by atoms with E-state index in [1.54, 1.807) is 26.0 Å². The number of carbonyl (C=O) groups is 5. The Kier molecular flexibility index (Phi) is 7.87. The Hall–Kier alpha value is -3.27. The van der Waals surface area contributed by atoms with Crippen LogP contribution in [0.2, 0.25) is 0 Å². The van der Waals surface area contributed by atoms with Crippen LogP contribution < -0.4 is 5.32 Å². The van der Waals surface area contributed by atoms with Crippen LogP contribution in [0, 0.1) is 0 Å². The number of hydrogen-bond acceptors (Lipinski definition) is 8. The van der Waals surface area contributed by atoms with Crippen molar-refractivity contribution in [1.82, 2.24) is 10.2 Å². The number of imide groups is 1. The predicted molar refractivity (Wildman–Crippen MR) is 107 cm³/mol. The van der Waals surface area contributed by atoms with Gasteiger partial charge in [0.15, 0.2) is 0 Å². The highest BCUT2D eigenvalue weighted by Gasteiger charge is 2.50. The van der Waals surface area contributed by atoms with E-state index in [0.29, 0.717) is 0 Å². The van der Waals surface area contributed by atoms with Gasteiger partial charge >= 0.3 is 11.9 Å². The molecule has 1 aromatic rings. The molecule has 0 saturated carbocycles. The molecular weight excluding hydrogens is 408 g/mol. The third-order valence-corrected chi connectivity index (χ3v) is 4.76. The molecule has 0 bridgehead atoms. The number of benzene rings is 1. The SMILES string of the molecule is CCOC(=O)C(CC[C@@H](O)CN1C(=O)c2ccccc2C1=O)(NC(C)=O)C(=O)OCC. The first-order valence-electron chi connectivity index (χ1n) is 9.94. The van der Waals surface area contributed by atoms with Crippen LogP contribution in [-0.2, 0) is 23.9 Å². The average molecular weight is 434 g/mol. The quantitative estimate of drug-likeness (QED) is 0.307. The second-order valence-electron chi connectivity index (χ2n) is 6.99. The van der Waals surface area contributed by atoms with Crippen molar-refractivity contribution in [2.75, 3.05) is 19.8 Å². The minimum atomic E-state index is -2.15. The summed E-state index contributed by atoms with van der Waals surface area (Å²) in [6, 6.07) is 6.30. The molecule has 1 atom stereocenters. The number of amides is 3. The molecule has 0 unspecified atom stereocenters. The van der Waals surface area contributed by atoms with Crippen LogP contribution in [0.4, 0.5) is 0 Å². The third-order valence-electron chi connectivity index (χ3n) is 4.76. The lowest BCUT2D eigenvalue weighted by Gasteiger charge is -2.30. The van der Waals surface area contributed by atoms with E-state index in [1.165, 1.54) is 12.1 Å². The number of hydrogen-bond donors (Lipinski definition) is 2. The van der Waals surface area contributed by atoms with Crippen molar-refractivity contribution in [2.45, 2.75) is 45.3 Å². The van der Waals surface area contributed by atoms with Gasteiger partial charge in [0, 0.05) is 6.92 Å². The van der Waals surface area contributed by atoms with Crippen LogP contribution in [0.3, 0.4) is 0 Å². The smallest absolute Gasteiger partial charge is 0.343 e. The molecule has 0 fully saturated rings. The summed E-state index contributed by atoms with van der Waals surface area (Å²) in [5, 5.41) is 12.8. The van der Waals surface area contributed by atoms with Crippen molar-refractivity contribution in [3.05, 3.63) is 35.4 Å². The molecule has 1 heterocycles. The summed E-state index contributed by atoms with van der Waals surface area (Å²) in [4.78, 5) is 62.7. The van der Waals surface area contributed by atoms with Crippen LogP contribution >= 0.6 is 0 Å². The lowest BCUT2D eigenvalue weighted by atomic mass is 9.91. The van der Waals surface area contributed by atoms with Crippen molar-refractivity contribution in [1.29, 1.82) is 0 Å². The number of fused-ring (bicyclic) bond motifs is 1. The molecule has 0 aliphatic carbocycles. The van der Waals surface area contributed by atoms with Gasteiger partial charge < -0.3 is 19.9 Å². The second-order valence-corrected chi connectivity index (χ2v) is 6.99. The number of nitrogens with zero attached hydrogens (tertiary/aromatic N) is 1. The number of aliphatic hydroxyl groups is 1. The van der Waals surface area contributed by atoms with Crippen LogP contribution in [0.25, 0.3) is 0 Å². The van der Waals surface area contributed by atoms with Gasteiger partial charge in [-0.05, 0) is 38.8 Å². The van der Waals surface area contributed by atoms with Gasteiger partial charge in [0.25, 0.3) is 11.8 Å². The van der Waals surface area contributed by atoms with E-state index in [2.05, 4.69) is 5.32 Å². The zero-order valence-corrected chi connectivity index (χ0v) is 17.7. The Labute approximate surface area is 179 Å². The summed E-state index contributed by atoms with van der Waals surface area (Å²) in [5.74, 6) is -3.78. The lowest BCUT2D eigenvalue weighted by molar-refractivity contribution is -0.168. The number of aliphatic hydroxyl groups excluding tert-OH is 1. The van der Waals surface area contributed by atoms with E-state index in [4.69, 9.17) is 9.47 Å². The lowest BCUT2D eigenvalue weighted by Crippen LogP contribution is -2.61. The zero-order valence-electron chi connectivity index (χ0n) is 17.7. The minimum Gasteiger partial charge on any atom is -0.464 e. The second kappa shape index (κ2) is 10.2. The maximum Gasteiger partial charge on any atom is 0.343 e. The van der Waals surface area contributed by atoms with Crippen molar-refractivity contribution < 1.29 is 38.6 Å². The van der Waals surface area contributed by atoms with Crippen molar-refractivity contribution in [3.8, 4) is 0 Å². The van der Waals surface area contributed by atoms with Gasteiger partial charge in [0.05, 0.1) is 37.0 Å². The van der Waals surface area contributed by atoms with Crippen LogP contribution in [0.15, 0.2) is 24.3 Å². The molecule has 0 saturated heterocycles. The summed E-state index contributed by atoms with van der Waals surface area (Å²) < 4.78 is 9.93. The van der Waals surface area contributed by atoms with Crippen molar-refractivity contribution in [2.24, 2.45) is 0 Å². The number of ether oxygens (including phenoxy) is 2. The fourth-order valence-electron chi connectivity index (χ4n) is 3.35. The highest BCUT2D eigenvalue weighted by molar-refractivity contribution is 6.21. The summed E-state index contributed by atoms with van der Waals surface area (Å²) in [6.45, 7) is 3.78. The molecule has 10 nitrogen and oxygen atoms in total. The number of esters is 2. The van der Waals surface area contributed by atoms with Gasteiger partial charge in [0.1, 0.15) is 0 Å². The molecular formula is C21H26N2O8. The number of carbonyl (C=O) groups excluding carboxylic acids is 5. The maximum atomic E-state index is 12.6. The average Bonchev–Trinajstić information content (AvgIpc) is 2.96. The molecule has 2 rings (SSSR count). The summed E-state index contributed by atoms with van der Waals surface area (Å²) in [7, 11) is 0. The Morgan fingerprint density at radius 3 is 1.94 bits per heavy atom. The van der Waals surface area contributed by atoms with E-state index in [9.17, 15) is 29.1 Å². The molecule has 0 aromatic heterocycles. The van der Waals surface area contributed by atoms with Crippen molar-refractivity contribution >= 4 is 29.7 Å². The molecule has 168 valence electrons. The van der Waals surface area contributed by atoms with Gasteiger partial charge in [-0.1, -0.05) is 12.1 Å². The Balaban J connectivity index is 2.17. The fraction of sp³-hybridized carbons (Fsp3) is 0.476. The largest absolute Gasteiger partial charge is 0.464 e. The first kappa shape index (κ1) is 24.0. The highest BCUT2D eigenvalue weighted by Crippen LogP contribution is 2.24. The maximum absolute atomic E-state index is 12.6. The molecule has 0 radical (unpaired) electrons. The van der Waals surface area contributed by atoms with E-state index in [1.807, 2.05) is 0 Å². The molecule has 0 spiro atoms. The fourth-order valence-corrected chi connectivity index (χ4v) is 3.35. The van der Waals surface area contributed by atoms with E-state index in [0.717, 1.165) is 11.8 Å². The van der Waals surface area contributed by atoms with Gasteiger partial charge in [-0.3, -0.25) is 19.3 Å². The number of rotatable bonds is 10. The molecule has 2 N–H and O–H groups in total. The molecule has 1 aliphatic rings. The zero-order chi connectivity index (χ0) is 23.2. The Morgan fingerprint density at radius 2 is 1.52 bits per heavy atom. The monoisotopic (exact) mass is 434 g/mol. The van der Waals surface area contributed by atoms with E-state index in [-0.39, 0.29) is 43.7 Å². The minimum absolute atomic E-state index is 0.0445. The van der Waals surface area contributed by atoms with Gasteiger partial charge in [-0.2, -0.15) is 0 Å². The molecule has 1 aromatic carbocycles. The van der Waals surface area contributed by atoms with E-state index >= 15 is 0 Å². The van der Waals surface area contributed by atoms with Crippen molar-refractivity contribution in [3.63, 3.8) is 0 Å². The molecule has 31 heavy (non-hydrogen) atoms. The number of β-amino-alcohol motifs (C(OH)–C–C–N with tert-alkyl or cyclic N) is 1. The highest BCUT2D eigenvalue weighted by atomic mass is 16.6. The first-order chi connectivity index (χ1) is 14.7. The Bertz CT molecular complexity index is 829. The van der Waals surface area contributed by atoms with Gasteiger partial charge in [0.2, 0.25) is 11.4 Å². The van der Waals surface area contributed by atoms with Gasteiger partial charge in [-0.15, -0.1) is 0 Å². The van der Waals surface area contributed by atoms with Gasteiger partial charge in [-0.25, -0.2) is 9.59 Å². The number of nitrogens with one attached hydrogen (secondary N) is 1. The predicted octanol–water partition coefficient (Wildman–Crippen LogP) is 0.425. The summed E-state index contributed by atoms with van der Waals surface area (Å²) in [5.41, 5.74) is -1.67. The normalized spacial score (nSPS) is 14.1. The van der Waals surface area contributed by atoms with E-state index < -0.39 is 41.3 Å².